The van der Waals surface area contributed by atoms with Crippen LogP contribution >= 0.6 is 0 Å². The maximum atomic E-state index is 12.5. The van der Waals surface area contributed by atoms with Crippen LogP contribution < -0.4 is 5.32 Å². The van der Waals surface area contributed by atoms with Crippen LogP contribution in [0.2, 0.25) is 0 Å². The van der Waals surface area contributed by atoms with Crippen LogP contribution in [0.1, 0.15) is 18.1 Å². The van der Waals surface area contributed by atoms with E-state index in [9.17, 15) is 18.0 Å². The van der Waals surface area contributed by atoms with E-state index in [2.05, 4.69) is 5.32 Å². The monoisotopic (exact) mass is 293 g/mol. The van der Waals surface area contributed by atoms with Crippen molar-refractivity contribution in [2.75, 3.05) is 0 Å². The van der Waals surface area contributed by atoms with Crippen molar-refractivity contribution >= 4 is 5.91 Å². The highest BCUT2D eigenvalue weighted by atomic mass is 19.4. The minimum atomic E-state index is -4.32. The van der Waals surface area contributed by atoms with Gasteiger partial charge in [-0.3, -0.25) is 4.79 Å². The van der Waals surface area contributed by atoms with Gasteiger partial charge >= 0.3 is 6.18 Å². The molecule has 0 aliphatic carbocycles. The van der Waals surface area contributed by atoms with Gasteiger partial charge in [0.15, 0.2) is 0 Å². The van der Waals surface area contributed by atoms with E-state index in [-0.39, 0.29) is 5.91 Å². The van der Waals surface area contributed by atoms with Crippen LogP contribution in [-0.4, -0.2) is 5.91 Å². The fourth-order valence-electron chi connectivity index (χ4n) is 1.89. The summed E-state index contributed by atoms with van der Waals surface area (Å²) in [6, 6.07) is 12.4. The van der Waals surface area contributed by atoms with Crippen molar-refractivity contribution in [3.63, 3.8) is 0 Å². The van der Waals surface area contributed by atoms with Crippen molar-refractivity contribution in [3.05, 3.63) is 59.7 Å². The standard InChI is InChI=1S/C16H14F3NO/c1-11(21)20-10-12-2-4-13(5-3-12)14-6-8-15(9-7-14)16(17,18)19/h2-9H,10H2,1H3,(H,20,21). The molecule has 2 nitrogen and oxygen atoms in total. The number of hydrogen-bond acceptors (Lipinski definition) is 1. The van der Waals surface area contributed by atoms with Gasteiger partial charge in [0.1, 0.15) is 0 Å². The first-order chi connectivity index (χ1) is 9.86. The topological polar surface area (TPSA) is 29.1 Å². The fourth-order valence-corrected chi connectivity index (χ4v) is 1.89. The Kier molecular flexibility index (Phi) is 4.31. The predicted octanol–water partition coefficient (Wildman–Crippen LogP) is 4.01. The Morgan fingerprint density at radius 1 is 0.952 bits per heavy atom. The smallest absolute Gasteiger partial charge is 0.352 e. The number of benzene rings is 2. The minimum absolute atomic E-state index is 0.109. The molecule has 110 valence electrons. The molecule has 0 aliphatic rings. The lowest BCUT2D eigenvalue weighted by molar-refractivity contribution is -0.137. The van der Waals surface area contributed by atoms with Gasteiger partial charge in [0.2, 0.25) is 5.91 Å². The third-order valence-electron chi connectivity index (χ3n) is 3.04. The maximum Gasteiger partial charge on any atom is 0.416 e. The van der Waals surface area contributed by atoms with Crippen molar-refractivity contribution in [1.82, 2.24) is 5.32 Å². The number of nitrogens with one attached hydrogen (secondary N) is 1. The van der Waals surface area contributed by atoms with Gasteiger partial charge in [-0.25, -0.2) is 0 Å². The van der Waals surface area contributed by atoms with Gasteiger partial charge in [-0.15, -0.1) is 0 Å². The molecule has 1 amide bonds. The van der Waals surface area contributed by atoms with Crippen LogP contribution in [0.15, 0.2) is 48.5 Å². The molecule has 0 radical (unpaired) electrons. The Labute approximate surface area is 120 Å². The van der Waals surface area contributed by atoms with E-state index in [1.165, 1.54) is 19.1 Å². The Morgan fingerprint density at radius 2 is 1.43 bits per heavy atom. The molecule has 0 aromatic heterocycles. The number of amides is 1. The second-order valence-electron chi connectivity index (χ2n) is 4.68. The Bertz CT molecular complexity index is 615. The number of carbonyl (C=O) groups is 1. The average molecular weight is 293 g/mol. The molecule has 0 bridgehead atoms. The summed E-state index contributed by atoms with van der Waals surface area (Å²) >= 11 is 0. The number of halogens is 3. The average Bonchev–Trinajstić information content (AvgIpc) is 2.45. The first-order valence-corrected chi connectivity index (χ1v) is 6.37. The Balaban J connectivity index is 2.13. The van der Waals surface area contributed by atoms with Crippen molar-refractivity contribution in [2.45, 2.75) is 19.6 Å². The summed E-state index contributed by atoms with van der Waals surface area (Å²) < 4.78 is 37.5. The Hall–Kier alpha value is -2.30. The molecule has 0 fully saturated rings. The fraction of sp³-hybridized carbons (Fsp3) is 0.188. The Morgan fingerprint density at radius 3 is 1.86 bits per heavy atom. The van der Waals surface area contributed by atoms with Gasteiger partial charge < -0.3 is 5.32 Å². The van der Waals surface area contributed by atoms with E-state index in [4.69, 9.17) is 0 Å². The van der Waals surface area contributed by atoms with Crippen LogP contribution in [0, 0.1) is 0 Å². The zero-order valence-corrected chi connectivity index (χ0v) is 11.4. The highest BCUT2D eigenvalue weighted by Crippen LogP contribution is 2.30. The van der Waals surface area contributed by atoms with Crippen LogP contribution in [-0.2, 0) is 17.5 Å². The molecule has 0 saturated heterocycles. The summed E-state index contributed by atoms with van der Waals surface area (Å²) in [7, 11) is 0. The molecule has 0 aliphatic heterocycles. The van der Waals surface area contributed by atoms with E-state index in [1.54, 1.807) is 0 Å². The van der Waals surface area contributed by atoms with Crippen LogP contribution in [0.3, 0.4) is 0 Å². The third-order valence-corrected chi connectivity index (χ3v) is 3.04. The SMILES string of the molecule is CC(=O)NCc1ccc(-c2ccc(C(F)(F)F)cc2)cc1. The van der Waals surface area contributed by atoms with Crippen LogP contribution in [0.5, 0.6) is 0 Å². The molecular formula is C16H14F3NO. The van der Waals surface area contributed by atoms with Gasteiger partial charge in [0, 0.05) is 13.5 Å². The number of rotatable bonds is 3. The van der Waals surface area contributed by atoms with Gasteiger partial charge in [-0.05, 0) is 28.8 Å². The van der Waals surface area contributed by atoms with Crippen molar-refractivity contribution < 1.29 is 18.0 Å². The normalized spacial score (nSPS) is 11.2. The first kappa shape index (κ1) is 15.1. The molecule has 0 spiro atoms. The van der Waals surface area contributed by atoms with Crippen molar-refractivity contribution in [1.29, 1.82) is 0 Å². The summed E-state index contributed by atoms with van der Waals surface area (Å²) in [6.45, 7) is 1.87. The lowest BCUT2D eigenvalue weighted by Crippen LogP contribution is -2.18. The van der Waals surface area contributed by atoms with E-state index < -0.39 is 11.7 Å². The molecule has 1 N–H and O–H groups in total. The van der Waals surface area contributed by atoms with Gasteiger partial charge in [0.25, 0.3) is 0 Å². The van der Waals surface area contributed by atoms with Crippen molar-refractivity contribution in [2.24, 2.45) is 0 Å². The summed E-state index contributed by atoms with van der Waals surface area (Å²) in [5, 5.41) is 2.68. The van der Waals surface area contributed by atoms with E-state index >= 15 is 0 Å². The summed E-state index contributed by atoms with van der Waals surface area (Å²) in [6.07, 6.45) is -4.32. The molecular weight excluding hydrogens is 279 g/mol. The zero-order chi connectivity index (χ0) is 15.5. The predicted molar refractivity (Wildman–Crippen MR) is 74.4 cm³/mol. The minimum Gasteiger partial charge on any atom is -0.352 e. The molecule has 2 aromatic rings. The van der Waals surface area contributed by atoms with Gasteiger partial charge in [-0.1, -0.05) is 36.4 Å². The van der Waals surface area contributed by atoms with Crippen molar-refractivity contribution in [3.8, 4) is 11.1 Å². The third kappa shape index (κ3) is 4.08. The number of alkyl halides is 3. The molecule has 5 heteroatoms. The maximum absolute atomic E-state index is 12.5. The van der Waals surface area contributed by atoms with E-state index in [1.807, 2.05) is 24.3 Å². The molecule has 21 heavy (non-hydrogen) atoms. The molecule has 0 heterocycles. The lowest BCUT2D eigenvalue weighted by atomic mass is 10.0. The second kappa shape index (κ2) is 5.99. The number of carbonyl (C=O) groups excluding carboxylic acids is 1. The lowest BCUT2D eigenvalue weighted by Gasteiger charge is -2.08. The summed E-state index contributed by atoms with van der Waals surface area (Å²) in [5.41, 5.74) is 1.82. The highest BCUT2D eigenvalue weighted by Gasteiger charge is 2.29. The zero-order valence-electron chi connectivity index (χ0n) is 11.4. The quantitative estimate of drug-likeness (QED) is 0.910. The molecule has 0 atom stereocenters. The van der Waals surface area contributed by atoms with Gasteiger partial charge in [-0.2, -0.15) is 13.2 Å². The molecule has 2 rings (SSSR count). The van der Waals surface area contributed by atoms with Crippen LogP contribution in [0.4, 0.5) is 13.2 Å². The van der Waals surface area contributed by atoms with Gasteiger partial charge in [0.05, 0.1) is 5.56 Å². The summed E-state index contributed by atoms with van der Waals surface area (Å²) in [5.74, 6) is -0.109. The largest absolute Gasteiger partial charge is 0.416 e. The first-order valence-electron chi connectivity index (χ1n) is 6.37. The molecule has 2 aromatic carbocycles. The molecule has 0 saturated carbocycles. The second-order valence-corrected chi connectivity index (χ2v) is 4.68. The van der Waals surface area contributed by atoms with E-state index in [0.717, 1.165) is 23.3 Å². The van der Waals surface area contributed by atoms with Crippen LogP contribution in [0.25, 0.3) is 11.1 Å². The highest BCUT2D eigenvalue weighted by molar-refractivity contribution is 5.72. The number of hydrogen-bond donors (Lipinski definition) is 1. The van der Waals surface area contributed by atoms with E-state index in [0.29, 0.717) is 12.1 Å². The summed E-state index contributed by atoms with van der Waals surface area (Å²) in [4.78, 5) is 10.8. The molecule has 0 unspecified atom stereocenters.